The Labute approximate surface area is 89.2 Å². The normalized spacial score (nSPS) is 11.6. The van der Waals surface area contributed by atoms with Crippen LogP contribution in [-0.4, -0.2) is 12.4 Å². The van der Waals surface area contributed by atoms with Crippen molar-refractivity contribution in [2.75, 3.05) is 6.54 Å². The van der Waals surface area contributed by atoms with Gasteiger partial charge in [0.1, 0.15) is 11.7 Å². The van der Waals surface area contributed by atoms with Gasteiger partial charge in [-0.3, -0.25) is 4.99 Å². The number of nitrogens with zero attached hydrogens (tertiary/aromatic N) is 1. The molecule has 15 heavy (non-hydrogen) atoms. The highest BCUT2D eigenvalue weighted by atomic mass is 19.1. The van der Waals surface area contributed by atoms with E-state index >= 15 is 0 Å². The van der Waals surface area contributed by atoms with Crippen molar-refractivity contribution >= 4 is 5.84 Å². The van der Waals surface area contributed by atoms with Crippen LogP contribution in [0.15, 0.2) is 23.2 Å². The summed E-state index contributed by atoms with van der Waals surface area (Å²) in [7, 11) is 0. The summed E-state index contributed by atoms with van der Waals surface area (Å²) < 4.78 is 13.0. The number of nitrogens with two attached hydrogens (primary N) is 1. The quantitative estimate of drug-likeness (QED) is 0.345. The average Bonchev–Trinajstić information content (AvgIpc) is 2.24. The minimum atomic E-state index is -0.217. The third-order valence-corrected chi connectivity index (χ3v) is 2.06. The lowest BCUT2D eigenvalue weighted by molar-refractivity contribution is 0.618. The lowest BCUT2D eigenvalue weighted by Crippen LogP contribution is -2.31. The van der Waals surface area contributed by atoms with E-state index < -0.39 is 0 Å². The highest BCUT2D eigenvalue weighted by Crippen LogP contribution is 2.09. The first-order valence-corrected chi connectivity index (χ1v) is 4.96. The molecule has 0 radical (unpaired) electrons. The van der Waals surface area contributed by atoms with Crippen molar-refractivity contribution in [1.82, 2.24) is 5.43 Å². The van der Waals surface area contributed by atoms with Gasteiger partial charge in [0.25, 0.3) is 0 Å². The summed E-state index contributed by atoms with van der Waals surface area (Å²) in [6.07, 6.45) is 0.950. The second-order valence-corrected chi connectivity index (χ2v) is 3.34. The fourth-order valence-electron chi connectivity index (χ4n) is 1.24. The van der Waals surface area contributed by atoms with E-state index in [1.807, 2.05) is 6.92 Å². The summed E-state index contributed by atoms with van der Waals surface area (Å²) in [4.78, 5) is 4.26. The van der Waals surface area contributed by atoms with Crippen molar-refractivity contribution in [2.45, 2.75) is 20.3 Å². The third kappa shape index (κ3) is 3.02. The van der Waals surface area contributed by atoms with Crippen LogP contribution in [0.2, 0.25) is 0 Å². The van der Waals surface area contributed by atoms with Crippen molar-refractivity contribution in [1.29, 1.82) is 0 Å². The maximum atomic E-state index is 13.0. The average molecular weight is 209 g/mol. The van der Waals surface area contributed by atoms with E-state index in [1.54, 1.807) is 19.1 Å². The lowest BCUT2D eigenvalue weighted by atomic mass is 10.1. The largest absolute Gasteiger partial charge is 0.308 e. The molecule has 0 bridgehead atoms. The minimum Gasteiger partial charge on any atom is -0.308 e. The van der Waals surface area contributed by atoms with Crippen LogP contribution in [0.4, 0.5) is 4.39 Å². The van der Waals surface area contributed by atoms with Gasteiger partial charge in [-0.1, -0.05) is 6.92 Å². The number of aliphatic imine (C=N–C) groups is 1. The molecule has 3 N–H and O–H groups in total. The molecule has 1 aromatic carbocycles. The van der Waals surface area contributed by atoms with Gasteiger partial charge in [-0.05, 0) is 37.1 Å². The van der Waals surface area contributed by atoms with E-state index in [0.29, 0.717) is 17.9 Å². The van der Waals surface area contributed by atoms with Crippen LogP contribution in [0.1, 0.15) is 24.5 Å². The number of aryl methyl sites for hydroxylation is 1. The van der Waals surface area contributed by atoms with Crippen LogP contribution in [0.5, 0.6) is 0 Å². The zero-order chi connectivity index (χ0) is 11.3. The Bertz CT molecular complexity index is 361. The van der Waals surface area contributed by atoms with E-state index in [-0.39, 0.29) is 5.82 Å². The maximum Gasteiger partial charge on any atom is 0.142 e. The molecule has 0 aliphatic rings. The number of benzene rings is 1. The second kappa shape index (κ2) is 5.46. The third-order valence-electron chi connectivity index (χ3n) is 2.06. The SMILES string of the molecule is CCCN=C(NN)c1ccc(F)c(C)c1. The van der Waals surface area contributed by atoms with Crippen molar-refractivity contribution in [2.24, 2.45) is 10.8 Å². The molecule has 0 saturated carbocycles. The molecule has 0 saturated heterocycles. The molecule has 0 aliphatic heterocycles. The molecule has 0 amide bonds. The standard InChI is InChI=1S/C11H16FN3/c1-3-6-14-11(15-13)9-4-5-10(12)8(2)7-9/h4-5,7H,3,6,13H2,1-2H3,(H,14,15). The van der Waals surface area contributed by atoms with E-state index in [0.717, 1.165) is 12.0 Å². The predicted molar refractivity (Wildman–Crippen MR) is 60.2 cm³/mol. The first-order valence-electron chi connectivity index (χ1n) is 4.96. The fraction of sp³-hybridized carbons (Fsp3) is 0.364. The number of nitrogens with one attached hydrogen (secondary N) is 1. The molecule has 82 valence electrons. The molecule has 0 unspecified atom stereocenters. The van der Waals surface area contributed by atoms with Gasteiger partial charge in [-0.25, -0.2) is 10.2 Å². The zero-order valence-corrected chi connectivity index (χ0v) is 9.05. The summed E-state index contributed by atoms with van der Waals surface area (Å²) in [5.41, 5.74) is 3.93. The zero-order valence-electron chi connectivity index (χ0n) is 9.05. The van der Waals surface area contributed by atoms with Crippen LogP contribution < -0.4 is 11.3 Å². The lowest BCUT2D eigenvalue weighted by Gasteiger charge is -2.06. The summed E-state index contributed by atoms with van der Waals surface area (Å²) in [5, 5.41) is 0. The van der Waals surface area contributed by atoms with Gasteiger partial charge >= 0.3 is 0 Å². The number of rotatable bonds is 3. The molecule has 1 aromatic rings. The molecule has 3 nitrogen and oxygen atoms in total. The number of halogens is 1. The Balaban J connectivity index is 2.97. The first kappa shape index (κ1) is 11.7. The molecule has 4 heteroatoms. The van der Waals surface area contributed by atoms with Crippen molar-refractivity contribution < 1.29 is 4.39 Å². The molecular weight excluding hydrogens is 193 g/mol. The Morgan fingerprint density at radius 3 is 2.80 bits per heavy atom. The molecule has 0 atom stereocenters. The predicted octanol–water partition coefficient (Wildman–Crippen LogP) is 1.75. The number of hydrogen-bond donors (Lipinski definition) is 2. The number of hydrogen-bond acceptors (Lipinski definition) is 2. The highest BCUT2D eigenvalue weighted by Gasteiger charge is 2.03. The summed E-state index contributed by atoms with van der Waals surface area (Å²) in [6, 6.07) is 4.81. The summed E-state index contributed by atoms with van der Waals surface area (Å²) in [5.74, 6) is 5.74. The van der Waals surface area contributed by atoms with Gasteiger partial charge in [0.2, 0.25) is 0 Å². The van der Waals surface area contributed by atoms with Gasteiger partial charge in [-0.15, -0.1) is 0 Å². The van der Waals surface area contributed by atoms with Crippen molar-refractivity contribution in [3.63, 3.8) is 0 Å². The molecular formula is C11H16FN3. The van der Waals surface area contributed by atoms with Gasteiger partial charge in [0.05, 0.1) is 0 Å². The fourth-order valence-corrected chi connectivity index (χ4v) is 1.24. The van der Waals surface area contributed by atoms with Gasteiger partial charge < -0.3 is 5.43 Å². The molecule has 0 heterocycles. The van der Waals surface area contributed by atoms with E-state index in [1.165, 1.54) is 6.07 Å². The van der Waals surface area contributed by atoms with Crippen LogP contribution in [0.25, 0.3) is 0 Å². The van der Waals surface area contributed by atoms with Crippen LogP contribution >= 0.6 is 0 Å². The van der Waals surface area contributed by atoms with Gasteiger partial charge in [0, 0.05) is 12.1 Å². The first-order chi connectivity index (χ1) is 7.19. The van der Waals surface area contributed by atoms with E-state index in [2.05, 4.69) is 10.4 Å². The van der Waals surface area contributed by atoms with Gasteiger partial charge in [0.15, 0.2) is 0 Å². The topological polar surface area (TPSA) is 50.4 Å². The second-order valence-electron chi connectivity index (χ2n) is 3.34. The van der Waals surface area contributed by atoms with Crippen LogP contribution in [0.3, 0.4) is 0 Å². The molecule has 0 fully saturated rings. The molecule has 0 spiro atoms. The van der Waals surface area contributed by atoms with Crippen molar-refractivity contribution in [3.8, 4) is 0 Å². The summed E-state index contributed by atoms with van der Waals surface area (Å²) >= 11 is 0. The van der Waals surface area contributed by atoms with E-state index in [4.69, 9.17) is 5.84 Å². The molecule has 0 aromatic heterocycles. The highest BCUT2D eigenvalue weighted by molar-refractivity contribution is 5.98. The van der Waals surface area contributed by atoms with Crippen LogP contribution in [0, 0.1) is 12.7 Å². The Kier molecular flexibility index (Phi) is 4.24. The van der Waals surface area contributed by atoms with Crippen molar-refractivity contribution in [3.05, 3.63) is 35.1 Å². The number of amidine groups is 1. The smallest absolute Gasteiger partial charge is 0.142 e. The summed E-state index contributed by atoms with van der Waals surface area (Å²) in [6.45, 7) is 4.45. The Morgan fingerprint density at radius 2 is 2.27 bits per heavy atom. The van der Waals surface area contributed by atoms with E-state index in [9.17, 15) is 4.39 Å². The van der Waals surface area contributed by atoms with Gasteiger partial charge in [-0.2, -0.15) is 0 Å². The maximum absolute atomic E-state index is 13.0. The minimum absolute atomic E-state index is 0.217. The Hall–Kier alpha value is -1.42. The monoisotopic (exact) mass is 209 g/mol. The van der Waals surface area contributed by atoms with Crippen LogP contribution in [-0.2, 0) is 0 Å². The molecule has 0 aliphatic carbocycles. The number of hydrazine groups is 1. The Morgan fingerprint density at radius 1 is 1.53 bits per heavy atom. The molecule has 1 rings (SSSR count).